The molecule has 0 aromatic carbocycles. The topological polar surface area (TPSA) is 0 Å². The minimum atomic E-state index is -2.55. The van der Waals surface area contributed by atoms with Gasteiger partial charge in [0.25, 0.3) is 4.59 Å². The summed E-state index contributed by atoms with van der Waals surface area (Å²) in [5, 5.41) is -0.442. The standard InChI is InChI=1S/C3HCl4F/c4-1-2(5)3(6,7)8/h1H. The van der Waals surface area contributed by atoms with E-state index >= 15 is 0 Å². The molecule has 0 amide bonds. The Kier molecular flexibility index (Phi) is 3.44. The predicted molar refractivity (Wildman–Crippen MR) is 35.3 cm³/mol. The van der Waals surface area contributed by atoms with Crippen LogP contribution in [0.25, 0.3) is 0 Å². The van der Waals surface area contributed by atoms with Gasteiger partial charge in [0.15, 0.2) is 0 Å². The summed E-state index contributed by atoms with van der Waals surface area (Å²) >= 11 is 19.6. The zero-order chi connectivity index (χ0) is 6.78. The molecule has 8 heavy (non-hydrogen) atoms. The van der Waals surface area contributed by atoms with Gasteiger partial charge < -0.3 is 0 Å². The average molecular weight is 198 g/mol. The molecule has 0 radical (unpaired) electrons. The second-order valence-corrected chi connectivity index (χ2v) is 2.82. The normalized spacial score (nSPS) is 14.4. The van der Waals surface area contributed by atoms with Crippen molar-refractivity contribution in [3.63, 3.8) is 0 Å². The van der Waals surface area contributed by atoms with Crippen molar-refractivity contribution >= 4 is 46.4 Å². The van der Waals surface area contributed by atoms with Gasteiger partial charge in [-0.15, -0.1) is 0 Å². The van der Waals surface area contributed by atoms with E-state index in [1.54, 1.807) is 0 Å². The molecule has 0 aromatic heterocycles. The van der Waals surface area contributed by atoms with Crippen molar-refractivity contribution in [2.45, 2.75) is 4.59 Å². The summed E-state index contributed by atoms with van der Waals surface area (Å²) in [4.78, 5) is 0. The van der Waals surface area contributed by atoms with E-state index in [-0.39, 0.29) is 0 Å². The lowest BCUT2D eigenvalue weighted by atomic mass is 10.7. The monoisotopic (exact) mass is 196 g/mol. The van der Waals surface area contributed by atoms with Crippen LogP contribution in [0.1, 0.15) is 0 Å². The number of hydrogen-bond acceptors (Lipinski definition) is 0. The van der Waals surface area contributed by atoms with Crippen LogP contribution in [0.3, 0.4) is 0 Å². The van der Waals surface area contributed by atoms with E-state index in [1.807, 2.05) is 0 Å². The molecule has 5 heteroatoms. The van der Waals surface area contributed by atoms with Crippen molar-refractivity contribution in [1.29, 1.82) is 0 Å². The molecule has 48 valence electrons. The van der Waals surface area contributed by atoms with Crippen LogP contribution in [-0.4, -0.2) is 4.59 Å². The van der Waals surface area contributed by atoms with Crippen LogP contribution < -0.4 is 0 Å². The summed E-state index contributed by atoms with van der Waals surface area (Å²) in [6.45, 7) is 0. The maximum atomic E-state index is 12.0. The van der Waals surface area contributed by atoms with Gasteiger partial charge in [-0.2, -0.15) is 0 Å². The lowest BCUT2D eigenvalue weighted by Gasteiger charge is -2.03. The Bertz CT molecular complexity index is 102. The number of rotatable bonds is 1. The summed E-state index contributed by atoms with van der Waals surface area (Å²) in [7, 11) is 0. The first kappa shape index (κ1) is 8.83. The molecule has 0 aliphatic heterocycles. The Hall–Kier alpha value is 0.830. The molecule has 0 rings (SSSR count). The van der Waals surface area contributed by atoms with Gasteiger partial charge in [0.1, 0.15) is 0 Å². The molecule has 0 aliphatic rings. The summed E-state index contributed by atoms with van der Waals surface area (Å²) in [6.07, 6.45) is 0. The smallest absolute Gasteiger partial charge is 0.201 e. The van der Waals surface area contributed by atoms with E-state index in [4.69, 9.17) is 46.4 Å². The minimum Gasteiger partial charge on any atom is -0.201 e. The van der Waals surface area contributed by atoms with Crippen LogP contribution in [-0.2, 0) is 0 Å². The van der Waals surface area contributed by atoms with Crippen molar-refractivity contribution in [3.05, 3.63) is 10.6 Å². The van der Waals surface area contributed by atoms with Crippen LogP contribution in [0, 0.1) is 0 Å². The Labute approximate surface area is 66.2 Å². The first-order chi connectivity index (χ1) is 3.48. The van der Waals surface area contributed by atoms with E-state index in [0.717, 1.165) is 5.54 Å². The van der Waals surface area contributed by atoms with Crippen LogP contribution in [0.4, 0.5) is 4.39 Å². The van der Waals surface area contributed by atoms with Gasteiger partial charge in [-0.3, -0.25) is 0 Å². The van der Waals surface area contributed by atoms with Gasteiger partial charge in [0.2, 0.25) is 0 Å². The molecule has 0 unspecified atom stereocenters. The van der Waals surface area contributed by atoms with Crippen molar-refractivity contribution < 1.29 is 4.39 Å². The highest BCUT2D eigenvalue weighted by Crippen LogP contribution is 2.34. The van der Waals surface area contributed by atoms with Gasteiger partial charge in [-0.05, 0) is 0 Å². The van der Waals surface area contributed by atoms with Crippen LogP contribution >= 0.6 is 46.4 Å². The fourth-order valence-electron chi connectivity index (χ4n) is 0.0619. The summed E-state index contributed by atoms with van der Waals surface area (Å²) in [6, 6.07) is 0. The average Bonchev–Trinajstić information content (AvgIpc) is 1.62. The number of alkyl halides is 3. The van der Waals surface area contributed by atoms with E-state index < -0.39 is 9.62 Å². The third-order valence-electron chi connectivity index (χ3n) is 0.367. The molecule has 0 fully saturated rings. The van der Waals surface area contributed by atoms with Crippen LogP contribution in [0.5, 0.6) is 0 Å². The fourth-order valence-corrected chi connectivity index (χ4v) is 0.433. The molecule has 0 heterocycles. The highest BCUT2D eigenvalue weighted by atomic mass is 35.5. The molecule has 0 aliphatic carbocycles. The molecule has 0 N–H and O–H groups in total. The second-order valence-electron chi connectivity index (χ2n) is 0.955. The number of hydrogen-bond donors (Lipinski definition) is 0. The molecule has 0 saturated carbocycles. The third kappa shape index (κ3) is 2.98. The Morgan fingerprint density at radius 2 is 1.88 bits per heavy atom. The maximum Gasteiger partial charge on any atom is 0.294 e. The Morgan fingerprint density at radius 3 is 1.88 bits per heavy atom. The van der Waals surface area contributed by atoms with Crippen molar-refractivity contribution in [3.8, 4) is 0 Å². The Morgan fingerprint density at radius 1 is 1.50 bits per heavy atom. The number of allylic oxidation sites excluding steroid dienone is 1. The van der Waals surface area contributed by atoms with Gasteiger partial charge in [0, 0.05) is 5.54 Å². The van der Waals surface area contributed by atoms with Gasteiger partial charge in [0.05, 0.1) is 5.03 Å². The van der Waals surface area contributed by atoms with Crippen molar-refractivity contribution in [2.24, 2.45) is 0 Å². The predicted octanol–water partition coefficient (Wildman–Crippen LogP) is 3.41. The van der Waals surface area contributed by atoms with E-state index in [0.29, 0.717) is 0 Å². The summed E-state index contributed by atoms with van der Waals surface area (Å²) < 4.78 is 9.48. The largest absolute Gasteiger partial charge is 0.294 e. The quantitative estimate of drug-likeness (QED) is 0.566. The molecule has 0 bridgehead atoms. The zero-order valence-corrected chi connectivity index (χ0v) is 6.49. The van der Waals surface area contributed by atoms with Gasteiger partial charge in [-0.1, -0.05) is 46.4 Å². The molecular formula is C3HCl4F. The molecular weight excluding hydrogens is 197 g/mol. The van der Waals surface area contributed by atoms with E-state index in [1.165, 1.54) is 0 Å². The molecule has 0 atom stereocenters. The second kappa shape index (κ2) is 3.11. The first-order valence-electron chi connectivity index (χ1n) is 1.51. The number of halogens is 5. The molecule has 0 saturated heterocycles. The SMILES string of the molecule is FC(Cl)(Cl)C(Cl)=CCl. The van der Waals surface area contributed by atoms with Crippen LogP contribution in [0.15, 0.2) is 10.6 Å². The van der Waals surface area contributed by atoms with E-state index in [2.05, 4.69) is 0 Å². The van der Waals surface area contributed by atoms with Gasteiger partial charge >= 0.3 is 0 Å². The highest BCUT2D eigenvalue weighted by Gasteiger charge is 2.26. The fraction of sp³-hybridized carbons (Fsp3) is 0.333. The first-order valence-corrected chi connectivity index (χ1v) is 3.08. The van der Waals surface area contributed by atoms with Crippen molar-refractivity contribution in [2.75, 3.05) is 0 Å². The van der Waals surface area contributed by atoms with Crippen molar-refractivity contribution in [1.82, 2.24) is 0 Å². The Balaban J connectivity index is 4.03. The highest BCUT2D eigenvalue weighted by molar-refractivity contribution is 6.56. The lowest BCUT2D eigenvalue weighted by molar-refractivity contribution is 0.457. The zero-order valence-electron chi connectivity index (χ0n) is 3.47. The van der Waals surface area contributed by atoms with Gasteiger partial charge in [-0.25, -0.2) is 4.39 Å². The maximum absolute atomic E-state index is 12.0. The molecule has 0 nitrogen and oxygen atoms in total. The molecule has 0 spiro atoms. The molecule has 0 aromatic rings. The summed E-state index contributed by atoms with van der Waals surface area (Å²) in [5.74, 6) is 0. The van der Waals surface area contributed by atoms with Crippen LogP contribution in [0.2, 0.25) is 0 Å². The third-order valence-corrected chi connectivity index (χ3v) is 1.67. The van der Waals surface area contributed by atoms with E-state index in [9.17, 15) is 4.39 Å². The minimum absolute atomic E-state index is 0.442. The summed E-state index contributed by atoms with van der Waals surface area (Å²) in [5.41, 5.74) is 0.765. The lowest BCUT2D eigenvalue weighted by Crippen LogP contribution is -2.01.